The fourth-order valence-corrected chi connectivity index (χ4v) is 5.10. The minimum Gasteiger partial charge on any atom is -0.357 e. The standard InChI is InChI=1S/C20H30N4OS/c1-6-24(7-2)18-16-14(5)17(26-20(16)22-11-21-18)19(25)23-15-10-8-9-12(3)13(15)4/h11-13,15H,6-10H2,1-5H3,(H,23,25). The summed E-state index contributed by atoms with van der Waals surface area (Å²) in [4.78, 5) is 25.8. The first-order valence-electron chi connectivity index (χ1n) is 9.77. The first kappa shape index (κ1) is 19.1. The number of carbonyl (C=O) groups excluding carboxylic acids is 1. The van der Waals surface area contributed by atoms with E-state index < -0.39 is 0 Å². The zero-order valence-electron chi connectivity index (χ0n) is 16.5. The molecule has 0 radical (unpaired) electrons. The van der Waals surface area contributed by atoms with Gasteiger partial charge in [0.1, 0.15) is 17.0 Å². The van der Waals surface area contributed by atoms with Gasteiger partial charge in [0.2, 0.25) is 0 Å². The van der Waals surface area contributed by atoms with E-state index in [1.807, 2.05) is 6.92 Å². The van der Waals surface area contributed by atoms with Crippen molar-refractivity contribution < 1.29 is 4.79 Å². The van der Waals surface area contributed by atoms with Crippen molar-refractivity contribution in [2.75, 3.05) is 18.0 Å². The zero-order chi connectivity index (χ0) is 18.8. The summed E-state index contributed by atoms with van der Waals surface area (Å²) in [5.74, 6) is 2.17. The Morgan fingerprint density at radius 3 is 2.69 bits per heavy atom. The summed E-state index contributed by atoms with van der Waals surface area (Å²) in [6.07, 6.45) is 5.14. The summed E-state index contributed by atoms with van der Waals surface area (Å²) >= 11 is 1.49. The number of nitrogens with one attached hydrogen (secondary N) is 1. The second-order valence-corrected chi connectivity index (χ2v) is 8.45. The van der Waals surface area contributed by atoms with Crippen LogP contribution >= 0.6 is 11.3 Å². The van der Waals surface area contributed by atoms with Crippen LogP contribution in [0.25, 0.3) is 10.2 Å². The summed E-state index contributed by atoms with van der Waals surface area (Å²) in [5, 5.41) is 4.33. The number of aryl methyl sites for hydroxylation is 1. The Morgan fingerprint density at radius 2 is 2.00 bits per heavy atom. The Kier molecular flexibility index (Phi) is 5.80. The van der Waals surface area contributed by atoms with E-state index in [1.54, 1.807) is 6.33 Å². The van der Waals surface area contributed by atoms with Gasteiger partial charge in [0, 0.05) is 19.1 Å². The highest BCUT2D eigenvalue weighted by molar-refractivity contribution is 7.20. The maximum atomic E-state index is 13.0. The molecule has 1 amide bonds. The van der Waals surface area contributed by atoms with Crippen molar-refractivity contribution in [1.29, 1.82) is 0 Å². The summed E-state index contributed by atoms with van der Waals surface area (Å²) in [5.41, 5.74) is 1.00. The minimum absolute atomic E-state index is 0.0435. The normalized spacial score (nSPS) is 23.2. The molecule has 1 saturated carbocycles. The molecule has 2 aromatic rings. The second kappa shape index (κ2) is 7.91. The van der Waals surface area contributed by atoms with E-state index in [0.717, 1.165) is 46.0 Å². The van der Waals surface area contributed by atoms with Gasteiger partial charge < -0.3 is 10.2 Å². The van der Waals surface area contributed by atoms with Crippen molar-refractivity contribution in [2.24, 2.45) is 11.8 Å². The van der Waals surface area contributed by atoms with Gasteiger partial charge in [0.15, 0.2) is 0 Å². The lowest BCUT2D eigenvalue weighted by Crippen LogP contribution is -2.43. The number of carbonyl (C=O) groups is 1. The van der Waals surface area contributed by atoms with Crippen LogP contribution in [0.1, 0.15) is 62.2 Å². The van der Waals surface area contributed by atoms with Crippen LogP contribution in [0.3, 0.4) is 0 Å². The highest BCUT2D eigenvalue weighted by atomic mass is 32.1. The molecule has 2 aromatic heterocycles. The Labute approximate surface area is 160 Å². The Balaban J connectivity index is 1.92. The van der Waals surface area contributed by atoms with Gasteiger partial charge in [-0.15, -0.1) is 11.3 Å². The van der Waals surface area contributed by atoms with Gasteiger partial charge in [0.05, 0.1) is 10.3 Å². The average molecular weight is 375 g/mol. The van der Waals surface area contributed by atoms with Crippen LogP contribution in [-0.2, 0) is 0 Å². The number of amides is 1. The molecule has 2 heterocycles. The Hall–Kier alpha value is -1.69. The number of aromatic nitrogens is 2. The van der Waals surface area contributed by atoms with E-state index in [1.165, 1.54) is 24.2 Å². The maximum Gasteiger partial charge on any atom is 0.261 e. The maximum absolute atomic E-state index is 13.0. The summed E-state index contributed by atoms with van der Waals surface area (Å²) in [6, 6.07) is 0.268. The third kappa shape index (κ3) is 3.43. The van der Waals surface area contributed by atoms with Crippen LogP contribution in [0, 0.1) is 18.8 Å². The van der Waals surface area contributed by atoms with Gasteiger partial charge in [-0.2, -0.15) is 0 Å². The van der Waals surface area contributed by atoms with Crippen LogP contribution < -0.4 is 10.2 Å². The van der Waals surface area contributed by atoms with Gasteiger partial charge in [-0.05, 0) is 44.6 Å². The molecule has 0 aromatic carbocycles. The molecule has 1 aliphatic rings. The lowest BCUT2D eigenvalue weighted by Gasteiger charge is -2.34. The molecule has 1 aliphatic carbocycles. The largest absolute Gasteiger partial charge is 0.357 e. The van der Waals surface area contributed by atoms with Crippen LogP contribution in [0.5, 0.6) is 0 Å². The number of hydrogen-bond acceptors (Lipinski definition) is 5. The van der Waals surface area contributed by atoms with Gasteiger partial charge in [-0.1, -0.05) is 26.7 Å². The van der Waals surface area contributed by atoms with E-state index in [-0.39, 0.29) is 11.9 Å². The molecule has 3 unspecified atom stereocenters. The first-order chi connectivity index (χ1) is 12.5. The summed E-state index contributed by atoms with van der Waals surface area (Å²) in [6.45, 7) is 12.6. The van der Waals surface area contributed by atoms with Crippen molar-refractivity contribution in [3.63, 3.8) is 0 Å². The smallest absolute Gasteiger partial charge is 0.261 e. The predicted octanol–water partition coefficient (Wildman–Crippen LogP) is 4.40. The topological polar surface area (TPSA) is 58.1 Å². The lowest BCUT2D eigenvalue weighted by atomic mass is 9.78. The quantitative estimate of drug-likeness (QED) is 0.843. The number of nitrogens with zero attached hydrogens (tertiary/aromatic N) is 3. The fourth-order valence-electron chi connectivity index (χ4n) is 4.05. The highest BCUT2D eigenvalue weighted by Gasteiger charge is 2.30. The molecule has 26 heavy (non-hydrogen) atoms. The highest BCUT2D eigenvalue weighted by Crippen LogP contribution is 2.35. The molecule has 5 nitrogen and oxygen atoms in total. The molecule has 3 rings (SSSR count). The molecular weight excluding hydrogens is 344 g/mol. The van der Waals surface area contributed by atoms with E-state index in [9.17, 15) is 4.79 Å². The van der Waals surface area contributed by atoms with Gasteiger partial charge in [0.25, 0.3) is 5.91 Å². The van der Waals surface area contributed by atoms with Crippen molar-refractivity contribution in [2.45, 2.75) is 59.9 Å². The lowest BCUT2D eigenvalue weighted by molar-refractivity contribution is 0.0895. The molecule has 0 aliphatic heterocycles. The van der Waals surface area contributed by atoms with Crippen LogP contribution in [0.4, 0.5) is 5.82 Å². The molecular formula is C20H30N4OS. The van der Waals surface area contributed by atoms with E-state index in [0.29, 0.717) is 11.8 Å². The third-order valence-corrected chi connectivity index (χ3v) is 7.20. The SMILES string of the molecule is CCN(CC)c1ncnc2sc(C(=O)NC3CCCC(C)C3C)c(C)c12. The third-order valence-electron chi connectivity index (χ3n) is 6.00. The second-order valence-electron chi connectivity index (χ2n) is 7.45. The Bertz CT molecular complexity index is 783. The number of anilines is 1. The molecule has 3 atom stereocenters. The Morgan fingerprint density at radius 1 is 1.27 bits per heavy atom. The van der Waals surface area contributed by atoms with Crippen LogP contribution in [-0.4, -0.2) is 35.0 Å². The fraction of sp³-hybridized carbons (Fsp3) is 0.650. The average Bonchev–Trinajstić information content (AvgIpc) is 2.98. The summed E-state index contributed by atoms with van der Waals surface area (Å²) in [7, 11) is 0. The van der Waals surface area contributed by atoms with Crippen LogP contribution in [0.2, 0.25) is 0 Å². The monoisotopic (exact) mass is 374 g/mol. The van der Waals surface area contributed by atoms with Crippen LogP contribution in [0.15, 0.2) is 6.33 Å². The minimum atomic E-state index is 0.0435. The predicted molar refractivity (Wildman–Crippen MR) is 109 cm³/mol. The summed E-state index contributed by atoms with van der Waals surface area (Å²) < 4.78 is 0. The van der Waals surface area contributed by atoms with Crippen molar-refractivity contribution in [3.8, 4) is 0 Å². The molecule has 0 spiro atoms. The van der Waals surface area contributed by atoms with Gasteiger partial charge in [-0.3, -0.25) is 4.79 Å². The molecule has 0 bridgehead atoms. The molecule has 1 N–H and O–H groups in total. The molecule has 1 fully saturated rings. The van der Waals surface area contributed by atoms with Crippen molar-refractivity contribution in [3.05, 3.63) is 16.8 Å². The number of rotatable bonds is 5. The van der Waals surface area contributed by atoms with Crippen molar-refractivity contribution >= 4 is 33.3 Å². The first-order valence-corrected chi connectivity index (χ1v) is 10.6. The van der Waals surface area contributed by atoms with Gasteiger partial charge >= 0.3 is 0 Å². The van der Waals surface area contributed by atoms with E-state index >= 15 is 0 Å². The number of thiophene rings is 1. The van der Waals surface area contributed by atoms with Crippen molar-refractivity contribution in [1.82, 2.24) is 15.3 Å². The molecule has 6 heteroatoms. The van der Waals surface area contributed by atoms with E-state index in [2.05, 4.69) is 47.9 Å². The number of hydrogen-bond donors (Lipinski definition) is 1. The van der Waals surface area contributed by atoms with E-state index in [4.69, 9.17) is 0 Å². The van der Waals surface area contributed by atoms with Gasteiger partial charge in [-0.25, -0.2) is 9.97 Å². The zero-order valence-corrected chi connectivity index (χ0v) is 17.3. The number of fused-ring (bicyclic) bond motifs is 1. The molecule has 0 saturated heterocycles. The molecule has 142 valence electrons.